The number of halogens is 1. The molecule has 0 heterocycles. The minimum Gasteiger partial charge on any atom is -0.328 e. The lowest BCUT2D eigenvalue weighted by Gasteiger charge is -2.10. The Balaban J connectivity index is 2.23. The predicted molar refractivity (Wildman–Crippen MR) is 60.8 cm³/mol. The minimum absolute atomic E-state index is 0.0181. The number of hydrogen-bond acceptors (Lipinski definition) is 2. The van der Waals surface area contributed by atoms with Gasteiger partial charge in [0.05, 0.1) is 0 Å². The van der Waals surface area contributed by atoms with E-state index in [0.29, 0.717) is 5.56 Å². The van der Waals surface area contributed by atoms with Gasteiger partial charge >= 0.3 is 0 Å². The molecule has 2 N–H and O–H groups in total. The summed E-state index contributed by atoms with van der Waals surface area (Å²) in [6, 6.07) is 4.49. The van der Waals surface area contributed by atoms with E-state index in [-0.39, 0.29) is 23.6 Å². The van der Waals surface area contributed by atoms with Crippen molar-refractivity contribution >= 4 is 5.78 Å². The molecule has 1 fully saturated rings. The van der Waals surface area contributed by atoms with Gasteiger partial charge in [0.15, 0.2) is 5.78 Å². The molecular weight excluding hydrogens is 205 g/mol. The van der Waals surface area contributed by atoms with Crippen LogP contribution in [0.3, 0.4) is 0 Å². The van der Waals surface area contributed by atoms with Gasteiger partial charge in [0, 0.05) is 17.5 Å². The van der Waals surface area contributed by atoms with Crippen LogP contribution in [0.5, 0.6) is 0 Å². The topological polar surface area (TPSA) is 43.1 Å². The van der Waals surface area contributed by atoms with Crippen molar-refractivity contribution in [2.45, 2.75) is 32.2 Å². The summed E-state index contributed by atoms with van der Waals surface area (Å²) in [5.41, 5.74) is 7.14. The zero-order valence-electron chi connectivity index (χ0n) is 9.37. The first kappa shape index (κ1) is 11.3. The van der Waals surface area contributed by atoms with E-state index in [4.69, 9.17) is 5.73 Å². The second-order valence-corrected chi connectivity index (χ2v) is 4.59. The van der Waals surface area contributed by atoms with Gasteiger partial charge in [-0.25, -0.2) is 4.39 Å². The highest BCUT2D eigenvalue weighted by atomic mass is 19.1. The molecule has 2 atom stereocenters. The van der Waals surface area contributed by atoms with E-state index < -0.39 is 0 Å². The van der Waals surface area contributed by atoms with Crippen LogP contribution in [0.4, 0.5) is 4.39 Å². The molecule has 0 saturated heterocycles. The smallest absolute Gasteiger partial charge is 0.166 e. The van der Waals surface area contributed by atoms with Crippen molar-refractivity contribution in [1.82, 2.24) is 0 Å². The van der Waals surface area contributed by atoms with Gasteiger partial charge in [0.1, 0.15) is 5.82 Å². The number of benzene rings is 1. The van der Waals surface area contributed by atoms with Crippen LogP contribution in [0.2, 0.25) is 0 Å². The summed E-state index contributed by atoms with van der Waals surface area (Å²) in [5, 5.41) is 0. The highest BCUT2D eigenvalue weighted by molar-refractivity contribution is 5.99. The fraction of sp³-hybridized carbons (Fsp3) is 0.462. The number of Topliss-reactive ketones (excluding diaryl/α,β-unsaturated/α-hetero) is 1. The van der Waals surface area contributed by atoms with Crippen LogP contribution in [-0.4, -0.2) is 11.8 Å². The van der Waals surface area contributed by atoms with Crippen LogP contribution < -0.4 is 5.73 Å². The van der Waals surface area contributed by atoms with Crippen molar-refractivity contribution in [3.8, 4) is 0 Å². The van der Waals surface area contributed by atoms with E-state index >= 15 is 0 Å². The van der Waals surface area contributed by atoms with Gasteiger partial charge in [0.25, 0.3) is 0 Å². The molecule has 0 spiro atoms. The van der Waals surface area contributed by atoms with E-state index in [9.17, 15) is 9.18 Å². The van der Waals surface area contributed by atoms with Gasteiger partial charge < -0.3 is 5.73 Å². The SMILES string of the molecule is Cc1ccc(F)cc1C(=O)C1CCC(N)C1. The van der Waals surface area contributed by atoms with Crippen molar-refractivity contribution in [3.63, 3.8) is 0 Å². The Morgan fingerprint density at radius 2 is 2.19 bits per heavy atom. The number of aryl methyl sites for hydroxylation is 1. The van der Waals surface area contributed by atoms with Crippen molar-refractivity contribution in [2.24, 2.45) is 11.7 Å². The number of carbonyl (C=O) groups is 1. The molecule has 0 amide bonds. The molecule has 1 aromatic carbocycles. The molecule has 0 bridgehead atoms. The summed E-state index contributed by atoms with van der Waals surface area (Å²) in [5.74, 6) is -0.323. The van der Waals surface area contributed by atoms with Crippen LogP contribution in [-0.2, 0) is 0 Å². The van der Waals surface area contributed by atoms with Crippen molar-refractivity contribution < 1.29 is 9.18 Å². The quantitative estimate of drug-likeness (QED) is 0.779. The maximum atomic E-state index is 13.1. The van der Waals surface area contributed by atoms with Gasteiger partial charge in [-0.1, -0.05) is 6.07 Å². The highest BCUT2D eigenvalue weighted by Crippen LogP contribution is 2.28. The van der Waals surface area contributed by atoms with Crippen LogP contribution in [0, 0.1) is 18.7 Å². The van der Waals surface area contributed by atoms with Crippen molar-refractivity contribution in [2.75, 3.05) is 0 Å². The van der Waals surface area contributed by atoms with E-state index in [1.54, 1.807) is 6.07 Å². The van der Waals surface area contributed by atoms with E-state index in [1.807, 2.05) is 6.92 Å². The number of carbonyl (C=O) groups excluding carboxylic acids is 1. The Labute approximate surface area is 94.6 Å². The maximum absolute atomic E-state index is 13.1. The maximum Gasteiger partial charge on any atom is 0.166 e. The fourth-order valence-electron chi connectivity index (χ4n) is 2.33. The molecule has 86 valence electrons. The van der Waals surface area contributed by atoms with Gasteiger partial charge in [-0.15, -0.1) is 0 Å². The molecule has 1 aliphatic carbocycles. The molecule has 3 heteroatoms. The minimum atomic E-state index is -0.351. The average Bonchev–Trinajstić information content (AvgIpc) is 2.67. The highest BCUT2D eigenvalue weighted by Gasteiger charge is 2.29. The monoisotopic (exact) mass is 221 g/mol. The van der Waals surface area contributed by atoms with Crippen LogP contribution in [0.15, 0.2) is 18.2 Å². The summed E-state index contributed by atoms with van der Waals surface area (Å²) >= 11 is 0. The Hall–Kier alpha value is -1.22. The van der Waals surface area contributed by atoms with E-state index in [2.05, 4.69) is 0 Å². The Morgan fingerprint density at radius 3 is 2.81 bits per heavy atom. The third-order valence-corrected chi connectivity index (χ3v) is 3.31. The lowest BCUT2D eigenvalue weighted by atomic mass is 9.93. The molecule has 16 heavy (non-hydrogen) atoms. The summed E-state index contributed by atoms with van der Waals surface area (Å²) in [7, 11) is 0. The molecule has 0 radical (unpaired) electrons. The first-order valence-corrected chi connectivity index (χ1v) is 5.64. The number of hydrogen-bond donors (Lipinski definition) is 1. The molecule has 1 aliphatic rings. The molecule has 1 saturated carbocycles. The zero-order chi connectivity index (χ0) is 11.7. The molecule has 1 aromatic rings. The molecule has 2 unspecified atom stereocenters. The van der Waals surface area contributed by atoms with Gasteiger partial charge in [-0.05, 0) is 43.9 Å². The standard InChI is InChI=1S/C13H16FNO/c1-8-2-4-10(14)7-12(8)13(16)9-3-5-11(15)6-9/h2,4,7,9,11H,3,5-6,15H2,1H3. The first-order chi connectivity index (χ1) is 7.58. The van der Waals surface area contributed by atoms with E-state index in [0.717, 1.165) is 24.8 Å². The number of nitrogens with two attached hydrogens (primary N) is 1. The van der Waals surface area contributed by atoms with Crippen molar-refractivity contribution in [3.05, 3.63) is 35.1 Å². The molecule has 0 aliphatic heterocycles. The molecule has 2 rings (SSSR count). The number of rotatable bonds is 2. The molecule has 2 nitrogen and oxygen atoms in total. The summed E-state index contributed by atoms with van der Waals surface area (Å²) in [6.07, 6.45) is 2.45. The summed E-state index contributed by atoms with van der Waals surface area (Å²) in [6.45, 7) is 1.83. The lowest BCUT2D eigenvalue weighted by Crippen LogP contribution is -2.18. The van der Waals surface area contributed by atoms with Crippen molar-refractivity contribution in [1.29, 1.82) is 0 Å². The summed E-state index contributed by atoms with van der Waals surface area (Å²) < 4.78 is 13.1. The molecule has 0 aromatic heterocycles. The largest absolute Gasteiger partial charge is 0.328 e. The Bertz CT molecular complexity index is 416. The third-order valence-electron chi connectivity index (χ3n) is 3.31. The molecular formula is C13H16FNO. The second-order valence-electron chi connectivity index (χ2n) is 4.59. The van der Waals surface area contributed by atoms with Crippen LogP contribution in [0.25, 0.3) is 0 Å². The van der Waals surface area contributed by atoms with Gasteiger partial charge in [-0.2, -0.15) is 0 Å². The Morgan fingerprint density at radius 1 is 1.44 bits per heavy atom. The van der Waals surface area contributed by atoms with Crippen LogP contribution >= 0.6 is 0 Å². The average molecular weight is 221 g/mol. The van der Waals surface area contributed by atoms with Gasteiger partial charge in [-0.3, -0.25) is 4.79 Å². The number of ketones is 1. The second kappa shape index (κ2) is 4.34. The van der Waals surface area contributed by atoms with E-state index in [1.165, 1.54) is 12.1 Å². The van der Waals surface area contributed by atoms with Gasteiger partial charge in [0.2, 0.25) is 0 Å². The Kier molecular flexibility index (Phi) is 3.06. The third kappa shape index (κ3) is 2.14. The zero-order valence-corrected chi connectivity index (χ0v) is 9.37. The normalized spacial score (nSPS) is 24.7. The van der Waals surface area contributed by atoms with Crippen LogP contribution in [0.1, 0.15) is 35.2 Å². The predicted octanol–water partition coefficient (Wildman–Crippen LogP) is 2.44. The first-order valence-electron chi connectivity index (χ1n) is 5.64. The lowest BCUT2D eigenvalue weighted by molar-refractivity contribution is 0.0921. The summed E-state index contributed by atoms with van der Waals surface area (Å²) in [4.78, 5) is 12.1. The fourth-order valence-corrected chi connectivity index (χ4v) is 2.33.